The summed E-state index contributed by atoms with van der Waals surface area (Å²) in [7, 11) is 0. The zero-order chi connectivity index (χ0) is 25.3. The quantitative estimate of drug-likeness (QED) is 0.347. The topological polar surface area (TPSA) is 92.1 Å². The van der Waals surface area contributed by atoms with Crippen molar-refractivity contribution in [1.29, 1.82) is 0 Å². The number of benzene rings is 1. The van der Waals surface area contributed by atoms with Crippen LogP contribution in [0.25, 0.3) is 5.69 Å². The van der Waals surface area contributed by atoms with Gasteiger partial charge in [-0.1, -0.05) is 11.6 Å². The lowest BCUT2D eigenvalue weighted by atomic mass is 10.1. The smallest absolute Gasteiger partial charge is 0.349 e. The molecule has 1 fully saturated rings. The predicted molar refractivity (Wildman–Crippen MR) is 121 cm³/mol. The highest BCUT2D eigenvalue weighted by Gasteiger charge is 2.28. The second kappa shape index (κ2) is 12.6. The van der Waals surface area contributed by atoms with Gasteiger partial charge in [-0.25, -0.2) is 4.68 Å². The largest absolute Gasteiger partial charge is 0.405 e. The fraction of sp³-hybridized carbons (Fsp3) is 0.565. The molecule has 2 aromatic rings. The molecule has 1 aliphatic rings. The molecule has 3 rings (SSSR count). The molecule has 2 heterocycles. The number of alkyl halides is 4. The van der Waals surface area contributed by atoms with Gasteiger partial charge in [-0.05, 0) is 69.5 Å². The van der Waals surface area contributed by atoms with Crippen LogP contribution in [-0.2, 0) is 6.42 Å². The number of nitrogens with zero attached hydrogens (tertiary/aromatic N) is 4. The van der Waals surface area contributed by atoms with Crippen molar-refractivity contribution in [2.24, 2.45) is 0 Å². The zero-order valence-corrected chi connectivity index (χ0v) is 19.4. The molecule has 2 N–H and O–H groups in total. The van der Waals surface area contributed by atoms with E-state index in [0.717, 1.165) is 32.5 Å². The Hall–Kier alpha value is -3.02. The first-order chi connectivity index (χ1) is 16.8. The summed E-state index contributed by atoms with van der Waals surface area (Å²) in [6.07, 6.45) is -0.0589. The molecule has 1 aliphatic heterocycles. The number of carbonyl (C=O) groups excluding carboxylic acids is 2. The van der Waals surface area contributed by atoms with Gasteiger partial charge in [-0.2, -0.15) is 13.2 Å². The highest BCUT2D eigenvalue weighted by molar-refractivity contribution is 5.94. The Kier molecular flexibility index (Phi) is 9.58. The van der Waals surface area contributed by atoms with Crippen LogP contribution in [0.2, 0.25) is 0 Å². The lowest BCUT2D eigenvalue weighted by Crippen LogP contribution is -2.34. The summed E-state index contributed by atoms with van der Waals surface area (Å²) >= 11 is 0. The Balaban J connectivity index is 1.71. The first-order valence-corrected chi connectivity index (χ1v) is 11.7. The van der Waals surface area contributed by atoms with E-state index in [4.69, 9.17) is 0 Å². The molecule has 0 spiro atoms. The van der Waals surface area contributed by atoms with E-state index in [-0.39, 0.29) is 17.2 Å². The average Bonchev–Trinajstić information content (AvgIpc) is 3.50. The number of rotatable bonds is 12. The third-order valence-electron chi connectivity index (χ3n) is 5.76. The lowest BCUT2D eigenvalue weighted by Gasteiger charge is -2.14. The number of unbranched alkanes of at least 4 members (excludes halogenated alkanes) is 2. The van der Waals surface area contributed by atoms with E-state index in [1.165, 1.54) is 28.9 Å². The molecule has 1 saturated heterocycles. The molecule has 0 radical (unpaired) electrons. The van der Waals surface area contributed by atoms with Crippen molar-refractivity contribution in [1.82, 2.24) is 30.5 Å². The second-order valence-corrected chi connectivity index (χ2v) is 8.45. The van der Waals surface area contributed by atoms with Gasteiger partial charge < -0.3 is 15.5 Å². The fourth-order valence-electron chi connectivity index (χ4n) is 3.93. The minimum absolute atomic E-state index is 0.0579. The van der Waals surface area contributed by atoms with E-state index < -0.39 is 25.3 Å². The first-order valence-electron chi connectivity index (χ1n) is 11.7. The normalized spacial score (nSPS) is 14.3. The van der Waals surface area contributed by atoms with Crippen LogP contribution in [0.1, 0.15) is 58.6 Å². The maximum absolute atomic E-state index is 12.8. The Morgan fingerprint density at radius 1 is 0.971 bits per heavy atom. The van der Waals surface area contributed by atoms with Crippen LogP contribution in [0.4, 0.5) is 17.6 Å². The summed E-state index contributed by atoms with van der Waals surface area (Å²) in [5.41, 5.74) is 1.29. The van der Waals surface area contributed by atoms with Gasteiger partial charge in [-0.15, -0.1) is 5.10 Å². The standard InChI is InChI=1S/C23H30F4N6O2/c24-11-3-1-2-6-19-20(22(35)28-12-15-32-13-4-5-14-32)30-31-33(19)18-9-7-17(8-10-18)21(34)29-16-23(25,26)27/h7-10H,1-6,11-16H2,(H,28,35)(H,29,34). The van der Waals surface area contributed by atoms with Crippen LogP contribution in [-0.4, -0.2) is 77.3 Å². The van der Waals surface area contributed by atoms with Gasteiger partial charge in [-0.3, -0.25) is 14.0 Å². The number of aromatic nitrogens is 3. The molecule has 0 bridgehead atoms. The van der Waals surface area contributed by atoms with Crippen molar-refractivity contribution in [2.75, 3.05) is 39.4 Å². The summed E-state index contributed by atoms with van der Waals surface area (Å²) in [6.45, 7) is 1.44. The third kappa shape index (κ3) is 8.01. The summed E-state index contributed by atoms with van der Waals surface area (Å²) in [6, 6.07) is 5.81. The van der Waals surface area contributed by atoms with Crippen LogP contribution >= 0.6 is 0 Å². The number of nitrogens with one attached hydrogen (secondary N) is 2. The van der Waals surface area contributed by atoms with Gasteiger partial charge in [0.25, 0.3) is 11.8 Å². The highest BCUT2D eigenvalue weighted by atomic mass is 19.4. The molecule has 0 aliphatic carbocycles. The van der Waals surface area contributed by atoms with Crippen LogP contribution in [0, 0.1) is 0 Å². The highest BCUT2D eigenvalue weighted by Crippen LogP contribution is 2.18. The van der Waals surface area contributed by atoms with Crippen LogP contribution in [0.15, 0.2) is 24.3 Å². The Bertz CT molecular complexity index is 971. The molecule has 35 heavy (non-hydrogen) atoms. The molecular formula is C23H30F4N6O2. The molecule has 0 atom stereocenters. The molecule has 2 amide bonds. The van der Waals surface area contributed by atoms with Gasteiger partial charge in [0, 0.05) is 18.7 Å². The number of hydrogen-bond acceptors (Lipinski definition) is 5. The predicted octanol–water partition coefficient (Wildman–Crippen LogP) is 3.07. The molecule has 0 unspecified atom stereocenters. The summed E-state index contributed by atoms with van der Waals surface area (Å²) in [5, 5.41) is 12.9. The van der Waals surface area contributed by atoms with Gasteiger partial charge in [0.15, 0.2) is 5.69 Å². The summed E-state index contributed by atoms with van der Waals surface area (Å²) < 4.78 is 51.0. The van der Waals surface area contributed by atoms with Crippen LogP contribution in [0.3, 0.4) is 0 Å². The van der Waals surface area contributed by atoms with Crippen molar-refractivity contribution in [3.8, 4) is 5.69 Å². The number of amides is 2. The minimum atomic E-state index is -4.50. The van der Waals surface area contributed by atoms with Gasteiger partial charge in [0.1, 0.15) is 6.54 Å². The van der Waals surface area contributed by atoms with E-state index in [2.05, 4.69) is 20.5 Å². The van der Waals surface area contributed by atoms with Crippen LogP contribution in [0.5, 0.6) is 0 Å². The van der Waals surface area contributed by atoms with E-state index in [1.807, 2.05) is 5.32 Å². The average molecular weight is 499 g/mol. The Morgan fingerprint density at radius 3 is 2.34 bits per heavy atom. The minimum Gasteiger partial charge on any atom is -0.349 e. The molecular weight excluding hydrogens is 468 g/mol. The van der Waals surface area contributed by atoms with Crippen molar-refractivity contribution in [3.63, 3.8) is 0 Å². The second-order valence-electron chi connectivity index (χ2n) is 8.45. The summed E-state index contributed by atoms with van der Waals surface area (Å²) in [5.74, 6) is -1.20. The van der Waals surface area contributed by atoms with E-state index >= 15 is 0 Å². The number of halogens is 4. The van der Waals surface area contributed by atoms with Gasteiger partial charge in [0.2, 0.25) is 0 Å². The number of hydrogen-bond donors (Lipinski definition) is 2. The first kappa shape index (κ1) is 26.6. The van der Waals surface area contributed by atoms with Crippen LogP contribution < -0.4 is 10.6 Å². The molecule has 8 nitrogen and oxygen atoms in total. The lowest BCUT2D eigenvalue weighted by molar-refractivity contribution is -0.123. The Labute approximate surface area is 201 Å². The fourth-order valence-corrected chi connectivity index (χ4v) is 3.93. The zero-order valence-electron chi connectivity index (χ0n) is 19.4. The van der Waals surface area contributed by atoms with Crippen molar-refractivity contribution in [3.05, 3.63) is 41.2 Å². The molecule has 192 valence electrons. The Morgan fingerprint density at radius 2 is 1.69 bits per heavy atom. The maximum Gasteiger partial charge on any atom is 0.405 e. The maximum atomic E-state index is 12.8. The molecule has 12 heteroatoms. The molecule has 1 aromatic heterocycles. The van der Waals surface area contributed by atoms with Crippen molar-refractivity contribution < 1.29 is 27.2 Å². The SMILES string of the molecule is O=C(NCC(F)(F)F)c1ccc(-n2nnc(C(=O)NCCN3CCCC3)c2CCCCCF)cc1. The van der Waals surface area contributed by atoms with E-state index in [0.29, 0.717) is 43.6 Å². The number of likely N-dealkylation sites (tertiary alicyclic amines) is 1. The summed E-state index contributed by atoms with van der Waals surface area (Å²) in [4.78, 5) is 27.1. The molecule has 0 saturated carbocycles. The van der Waals surface area contributed by atoms with Crippen molar-refractivity contribution in [2.45, 2.75) is 44.7 Å². The van der Waals surface area contributed by atoms with Crippen molar-refractivity contribution >= 4 is 11.8 Å². The molecule has 1 aromatic carbocycles. The van der Waals surface area contributed by atoms with Gasteiger partial charge >= 0.3 is 6.18 Å². The monoisotopic (exact) mass is 498 g/mol. The van der Waals surface area contributed by atoms with Gasteiger partial charge in [0.05, 0.1) is 18.1 Å². The van der Waals surface area contributed by atoms with E-state index in [1.54, 1.807) is 0 Å². The number of carbonyl (C=O) groups is 2. The third-order valence-corrected chi connectivity index (χ3v) is 5.76. The van der Waals surface area contributed by atoms with E-state index in [9.17, 15) is 27.2 Å².